The summed E-state index contributed by atoms with van der Waals surface area (Å²) in [6, 6.07) is 17.2. The molecule has 0 radical (unpaired) electrons. The van der Waals surface area contributed by atoms with Crippen molar-refractivity contribution in [3.8, 4) is 11.1 Å². The summed E-state index contributed by atoms with van der Waals surface area (Å²) in [5.74, 6) is 0. The second kappa shape index (κ2) is 7.44. The molecule has 106 valence electrons. The minimum Gasteiger partial charge on any atom is -0.0991 e. The lowest BCUT2D eigenvalue weighted by molar-refractivity contribution is 1.36. The van der Waals surface area contributed by atoms with Crippen molar-refractivity contribution in [2.45, 2.75) is 20.3 Å². The number of hydrogen-bond donors (Lipinski definition) is 0. The van der Waals surface area contributed by atoms with Gasteiger partial charge in [0.2, 0.25) is 0 Å². The second-order valence-corrected chi connectivity index (χ2v) is 5.18. The van der Waals surface area contributed by atoms with Crippen LogP contribution in [0.15, 0.2) is 79.4 Å². The Balaban J connectivity index is 2.23. The molecule has 0 heteroatoms. The first kappa shape index (κ1) is 15.1. The van der Waals surface area contributed by atoms with E-state index >= 15 is 0 Å². The topological polar surface area (TPSA) is 0 Å². The Labute approximate surface area is 128 Å². The Morgan fingerprint density at radius 3 is 2.52 bits per heavy atom. The Morgan fingerprint density at radius 1 is 1.10 bits per heavy atom. The van der Waals surface area contributed by atoms with Gasteiger partial charge in [0.1, 0.15) is 0 Å². The highest BCUT2D eigenvalue weighted by atomic mass is 14.1. The monoisotopic (exact) mass is 274 g/mol. The zero-order chi connectivity index (χ0) is 15.1. The van der Waals surface area contributed by atoms with Gasteiger partial charge in [-0.05, 0) is 48.1 Å². The minimum absolute atomic E-state index is 0.942. The van der Waals surface area contributed by atoms with Crippen LogP contribution < -0.4 is 0 Å². The van der Waals surface area contributed by atoms with Crippen molar-refractivity contribution in [1.29, 1.82) is 0 Å². The summed E-state index contributed by atoms with van der Waals surface area (Å²) in [5.41, 5.74) is 6.49. The average molecular weight is 274 g/mol. The van der Waals surface area contributed by atoms with E-state index in [0.29, 0.717) is 0 Å². The van der Waals surface area contributed by atoms with Crippen LogP contribution in [-0.4, -0.2) is 0 Å². The van der Waals surface area contributed by atoms with Gasteiger partial charge in [-0.1, -0.05) is 79.4 Å². The highest BCUT2D eigenvalue weighted by molar-refractivity contribution is 5.72. The summed E-state index contributed by atoms with van der Waals surface area (Å²) in [6.07, 6.45) is 9.09. The lowest BCUT2D eigenvalue weighted by Crippen LogP contribution is -1.87. The molecule has 0 N–H and O–H groups in total. The highest BCUT2D eigenvalue weighted by Gasteiger charge is 2.03. The largest absolute Gasteiger partial charge is 0.0991 e. The third-order valence-corrected chi connectivity index (χ3v) is 3.60. The molecule has 0 aromatic heterocycles. The standard InChI is InChI=1S/C21H22/c1-4-5-6-8-11-17(2)20-14-15-21(18(3)16-20)19-12-9-7-10-13-19/h4-7,9-16H,1,8H2,2-3H3/b6-5-,17-11+. The first-order valence-electron chi connectivity index (χ1n) is 7.33. The van der Waals surface area contributed by atoms with Gasteiger partial charge in [-0.2, -0.15) is 0 Å². The maximum Gasteiger partial charge on any atom is -0.0154 e. The quantitative estimate of drug-likeness (QED) is 0.570. The van der Waals surface area contributed by atoms with Crippen molar-refractivity contribution in [3.63, 3.8) is 0 Å². The van der Waals surface area contributed by atoms with Gasteiger partial charge in [-0.3, -0.25) is 0 Å². The van der Waals surface area contributed by atoms with Gasteiger partial charge < -0.3 is 0 Å². The van der Waals surface area contributed by atoms with Crippen LogP contribution in [0.25, 0.3) is 16.7 Å². The van der Waals surface area contributed by atoms with Crippen LogP contribution in [0.2, 0.25) is 0 Å². The molecule has 0 fully saturated rings. The lowest BCUT2D eigenvalue weighted by atomic mass is 9.96. The highest BCUT2D eigenvalue weighted by Crippen LogP contribution is 2.26. The molecule has 0 nitrogen and oxygen atoms in total. The molecule has 0 heterocycles. The van der Waals surface area contributed by atoms with E-state index in [1.54, 1.807) is 0 Å². The van der Waals surface area contributed by atoms with Gasteiger partial charge in [0.05, 0.1) is 0 Å². The first-order chi connectivity index (χ1) is 10.2. The van der Waals surface area contributed by atoms with Crippen LogP contribution in [0.3, 0.4) is 0 Å². The fourth-order valence-corrected chi connectivity index (χ4v) is 2.39. The molecule has 0 spiro atoms. The maximum atomic E-state index is 3.68. The molecule has 0 unspecified atom stereocenters. The normalized spacial score (nSPS) is 11.8. The summed E-state index contributed by atoms with van der Waals surface area (Å²) in [5, 5.41) is 0. The number of allylic oxidation sites excluding steroid dienone is 5. The second-order valence-electron chi connectivity index (χ2n) is 5.18. The van der Waals surface area contributed by atoms with E-state index in [-0.39, 0.29) is 0 Å². The molecule has 0 saturated carbocycles. The van der Waals surface area contributed by atoms with Crippen LogP contribution in [0.5, 0.6) is 0 Å². The summed E-state index contributed by atoms with van der Waals surface area (Å²) < 4.78 is 0. The van der Waals surface area contributed by atoms with Crippen molar-refractivity contribution in [1.82, 2.24) is 0 Å². The fraction of sp³-hybridized carbons (Fsp3) is 0.143. The predicted octanol–water partition coefficient (Wildman–Crippen LogP) is 6.20. The van der Waals surface area contributed by atoms with Gasteiger partial charge >= 0.3 is 0 Å². The van der Waals surface area contributed by atoms with Crippen molar-refractivity contribution in [2.75, 3.05) is 0 Å². The van der Waals surface area contributed by atoms with Crippen molar-refractivity contribution >= 4 is 5.57 Å². The van der Waals surface area contributed by atoms with E-state index in [9.17, 15) is 0 Å². The number of rotatable bonds is 5. The zero-order valence-electron chi connectivity index (χ0n) is 12.8. The summed E-state index contributed by atoms with van der Waals surface area (Å²) in [6.45, 7) is 8.02. The molecular formula is C21H22. The van der Waals surface area contributed by atoms with Crippen molar-refractivity contribution in [3.05, 3.63) is 90.5 Å². The molecule has 0 atom stereocenters. The molecule has 2 rings (SSSR count). The molecule has 0 amide bonds. The smallest absolute Gasteiger partial charge is 0.0154 e. The molecule has 0 aliphatic heterocycles. The van der Waals surface area contributed by atoms with Gasteiger partial charge in [-0.25, -0.2) is 0 Å². The Bertz CT molecular complexity index is 658. The van der Waals surface area contributed by atoms with E-state index in [4.69, 9.17) is 0 Å². The summed E-state index contributed by atoms with van der Waals surface area (Å²) >= 11 is 0. The average Bonchev–Trinajstić information content (AvgIpc) is 2.52. The number of hydrogen-bond acceptors (Lipinski definition) is 0. The molecular weight excluding hydrogens is 252 g/mol. The predicted molar refractivity (Wildman–Crippen MR) is 94.2 cm³/mol. The van der Waals surface area contributed by atoms with E-state index in [2.05, 4.69) is 81.1 Å². The van der Waals surface area contributed by atoms with E-state index in [1.807, 2.05) is 12.2 Å². The van der Waals surface area contributed by atoms with Crippen LogP contribution in [0.4, 0.5) is 0 Å². The van der Waals surface area contributed by atoms with Gasteiger partial charge in [0.25, 0.3) is 0 Å². The molecule has 0 aliphatic carbocycles. The van der Waals surface area contributed by atoms with Gasteiger partial charge in [-0.15, -0.1) is 0 Å². The molecule has 0 saturated heterocycles. The van der Waals surface area contributed by atoms with Crippen LogP contribution in [-0.2, 0) is 0 Å². The van der Waals surface area contributed by atoms with Crippen LogP contribution in [0, 0.1) is 6.92 Å². The Morgan fingerprint density at radius 2 is 1.86 bits per heavy atom. The maximum absolute atomic E-state index is 3.68. The minimum atomic E-state index is 0.942. The van der Waals surface area contributed by atoms with Crippen molar-refractivity contribution < 1.29 is 0 Å². The van der Waals surface area contributed by atoms with E-state index in [0.717, 1.165) is 6.42 Å². The van der Waals surface area contributed by atoms with Crippen LogP contribution in [0.1, 0.15) is 24.5 Å². The van der Waals surface area contributed by atoms with E-state index < -0.39 is 0 Å². The fourth-order valence-electron chi connectivity index (χ4n) is 2.39. The lowest BCUT2D eigenvalue weighted by Gasteiger charge is -2.09. The van der Waals surface area contributed by atoms with Gasteiger partial charge in [0, 0.05) is 0 Å². The Hall–Kier alpha value is -2.34. The third kappa shape index (κ3) is 4.06. The third-order valence-electron chi connectivity index (χ3n) is 3.60. The molecule has 2 aromatic rings. The Kier molecular flexibility index (Phi) is 5.34. The molecule has 2 aromatic carbocycles. The van der Waals surface area contributed by atoms with Gasteiger partial charge in [0.15, 0.2) is 0 Å². The number of benzene rings is 2. The molecule has 0 bridgehead atoms. The summed E-state index contributed by atoms with van der Waals surface area (Å²) in [4.78, 5) is 0. The zero-order valence-corrected chi connectivity index (χ0v) is 12.8. The summed E-state index contributed by atoms with van der Waals surface area (Å²) in [7, 11) is 0. The van der Waals surface area contributed by atoms with E-state index in [1.165, 1.54) is 27.8 Å². The SMILES string of the molecule is C=C/C=C\C/C=C(\C)c1ccc(-c2ccccc2)c(C)c1. The van der Waals surface area contributed by atoms with Crippen molar-refractivity contribution in [2.24, 2.45) is 0 Å². The van der Waals surface area contributed by atoms with Crippen LogP contribution >= 0.6 is 0 Å². The molecule has 21 heavy (non-hydrogen) atoms. The molecule has 0 aliphatic rings. The first-order valence-corrected chi connectivity index (χ1v) is 7.33. The number of aryl methyl sites for hydroxylation is 1.